The second kappa shape index (κ2) is 4.58. The van der Waals surface area contributed by atoms with Crippen molar-refractivity contribution in [3.05, 3.63) is 49.6 Å². The zero-order chi connectivity index (χ0) is 12.6. The van der Waals surface area contributed by atoms with Gasteiger partial charge in [0.25, 0.3) is 5.56 Å². The van der Waals surface area contributed by atoms with E-state index in [1.165, 1.54) is 18.2 Å². The summed E-state index contributed by atoms with van der Waals surface area (Å²) in [5, 5.41) is -0.00859. The quantitative estimate of drug-likeness (QED) is 0.877. The monoisotopic (exact) mass is 316 g/mol. The zero-order valence-electron chi connectivity index (χ0n) is 8.72. The maximum absolute atomic E-state index is 13.0. The second-order valence-corrected chi connectivity index (χ2v) is 4.64. The van der Waals surface area contributed by atoms with E-state index in [1.807, 2.05) is 0 Å². The predicted octanol–water partition coefficient (Wildman–Crippen LogP) is 3.30. The minimum atomic E-state index is -0.508. The largest absolute Gasteiger partial charge is 0.306 e. The number of nitrogens with one attached hydrogen (secondary N) is 1. The Hall–Kier alpha value is -1.20. The van der Waals surface area contributed by atoms with Crippen molar-refractivity contribution < 1.29 is 4.39 Å². The lowest BCUT2D eigenvalue weighted by Crippen LogP contribution is -2.11. The molecule has 17 heavy (non-hydrogen) atoms. The van der Waals surface area contributed by atoms with Crippen LogP contribution in [0.25, 0.3) is 11.4 Å². The molecular weight excluding hydrogens is 310 g/mol. The first kappa shape index (κ1) is 12.3. The molecule has 0 aliphatic carbocycles. The number of halogens is 3. The molecule has 0 aliphatic heterocycles. The number of hydrogen-bond acceptors (Lipinski definition) is 2. The molecule has 0 saturated heterocycles. The highest BCUT2D eigenvalue weighted by Gasteiger charge is 2.08. The van der Waals surface area contributed by atoms with Gasteiger partial charge < -0.3 is 4.98 Å². The highest BCUT2D eigenvalue weighted by atomic mass is 79.9. The highest BCUT2D eigenvalue weighted by molar-refractivity contribution is 9.10. The van der Waals surface area contributed by atoms with Crippen molar-refractivity contribution in [2.24, 2.45) is 0 Å². The molecule has 2 aromatic rings. The van der Waals surface area contributed by atoms with Crippen LogP contribution in [0, 0.1) is 12.7 Å². The molecule has 3 nitrogen and oxygen atoms in total. The summed E-state index contributed by atoms with van der Waals surface area (Å²) in [6.45, 7) is 1.70. The molecule has 0 unspecified atom stereocenters. The first-order chi connectivity index (χ1) is 7.99. The Labute approximate surface area is 110 Å². The third-order valence-corrected chi connectivity index (χ3v) is 3.45. The Morgan fingerprint density at radius 1 is 1.47 bits per heavy atom. The van der Waals surface area contributed by atoms with Crippen molar-refractivity contribution in [2.45, 2.75) is 6.92 Å². The lowest BCUT2D eigenvalue weighted by atomic mass is 10.2. The number of nitrogens with zero attached hydrogens (tertiary/aromatic N) is 1. The zero-order valence-corrected chi connectivity index (χ0v) is 11.1. The number of hydrogen-bond donors (Lipinski definition) is 1. The molecule has 0 aliphatic rings. The minimum Gasteiger partial charge on any atom is -0.306 e. The maximum atomic E-state index is 13.0. The third kappa shape index (κ3) is 2.40. The summed E-state index contributed by atoms with van der Waals surface area (Å²) in [4.78, 5) is 18.3. The van der Waals surface area contributed by atoms with Crippen LogP contribution in [0.4, 0.5) is 4.39 Å². The molecule has 0 amide bonds. The molecule has 88 valence electrons. The molecule has 1 heterocycles. The first-order valence-corrected chi connectivity index (χ1v) is 5.88. The molecule has 6 heteroatoms. The second-order valence-electron chi connectivity index (χ2n) is 3.44. The molecule has 0 spiro atoms. The summed E-state index contributed by atoms with van der Waals surface area (Å²) in [5.41, 5.74) is 0.834. The van der Waals surface area contributed by atoms with Crippen LogP contribution in [-0.2, 0) is 0 Å². The molecule has 0 fully saturated rings. The number of rotatable bonds is 1. The summed E-state index contributed by atoms with van der Waals surface area (Å²) in [5.74, 6) is -0.149. The standard InChI is InChI=1S/C11H7BrClFN2O/c1-5-9(12)11(17)16-10(15-5)6-2-3-8(14)7(13)4-6/h2-4H,1H3,(H,15,16,17). The molecule has 0 saturated carbocycles. The van der Waals surface area contributed by atoms with Gasteiger partial charge in [0, 0.05) is 5.56 Å². The van der Waals surface area contributed by atoms with Crippen LogP contribution < -0.4 is 5.56 Å². The van der Waals surface area contributed by atoms with Crippen LogP contribution in [0.5, 0.6) is 0 Å². The lowest BCUT2D eigenvalue weighted by molar-refractivity contribution is 0.628. The molecule has 0 radical (unpaired) electrons. The van der Waals surface area contributed by atoms with E-state index >= 15 is 0 Å². The van der Waals surface area contributed by atoms with E-state index in [2.05, 4.69) is 25.9 Å². The van der Waals surface area contributed by atoms with Gasteiger partial charge in [-0.1, -0.05) is 11.6 Å². The van der Waals surface area contributed by atoms with Crippen LogP contribution in [0.3, 0.4) is 0 Å². The molecular formula is C11H7BrClFN2O. The predicted molar refractivity (Wildman–Crippen MR) is 67.7 cm³/mol. The van der Waals surface area contributed by atoms with Crippen molar-refractivity contribution in [3.63, 3.8) is 0 Å². The van der Waals surface area contributed by atoms with E-state index < -0.39 is 5.82 Å². The topological polar surface area (TPSA) is 45.8 Å². The van der Waals surface area contributed by atoms with Gasteiger partial charge in [-0.3, -0.25) is 4.79 Å². The van der Waals surface area contributed by atoms with Gasteiger partial charge in [0.1, 0.15) is 16.1 Å². The Morgan fingerprint density at radius 2 is 2.18 bits per heavy atom. The Kier molecular flexibility index (Phi) is 3.31. The molecule has 1 N–H and O–H groups in total. The molecule has 2 rings (SSSR count). The smallest absolute Gasteiger partial charge is 0.265 e. The fourth-order valence-electron chi connectivity index (χ4n) is 1.35. The van der Waals surface area contributed by atoms with Crippen LogP contribution >= 0.6 is 27.5 Å². The Morgan fingerprint density at radius 3 is 2.76 bits per heavy atom. The van der Waals surface area contributed by atoms with Gasteiger partial charge in [0.2, 0.25) is 0 Å². The van der Waals surface area contributed by atoms with Crippen LogP contribution in [0.1, 0.15) is 5.69 Å². The Bertz CT molecular complexity index is 642. The SMILES string of the molecule is Cc1nc(-c2ccc(F)c(Cl)c2)[nH]c(=O)c1Br. The maximum Gasteiger partial charge on any atom is 0.265 e. The average molecular weight is 318 g/mol. The van der Waals surface area contributed by atoms with E-state index in [0.29, 0.717) is 21.6 Å². The fourth-order valence-corrected chi connectivity index (χ4v) is 1.72. The summed E-state index contributed by atoms with van der Waals surface area (Å²) < 4.78 is 13.4. The van der Waals surface area contributed by atoms with Gasteiger partial charge in [-0.05, 0) is 41.1 Å². The molecule has 1 aromatic heterocycles. The van der Waals surface area contributed by atoms with Crippen molar-refractivity contribution in [2.75, 3.05) is 0 Å². The van der Waals surface area contributed by atoms with E-state index in [-0.39, 0.29) is 10.6 Å². The highest BCUT2D eigenvalue weighted by Crippen LogP contribution is 2.22. The van der Waals surface area contributed by atoms with E-state index in [9.17, 15) is 9.18 Å². The summed E-state index contributed by atoms with van der Waals surface area (Å²) >= 11 is 8.79. The van der Waals surface area contributed by atoms with Crippen molar-refractivity contribution in [1.29, 1.82) is 0 Å². The first-order valence-electron chi connectivity index (χ1n) is 4.71. The third-order valence-electron chi connectivity index (χ3n) is 2.22. The summed E-state index contributed by atoms with van der Waals surface area (Å²) in [6.07, 6.45) is 0. The Balaban J connectivity index is 2.61. The van der Waals surface area contributed by atoms with Crippen molar-refractivity contribution in [3.8, 4) is 11.4 Å². The molecule has 1 aromatic carbocycles. The van der Waals surface area contributed by atoms with Gasteiger partial charge in [0.15, 0.2) is 0 Å². The number of H-pyrrole nitrogens is 1. The van der Waals surface area contributed by atoms with Crippen LogP contribution in [0.2, 0.25) is 5.02 Å². The lowest BCUT2D eigenvalue weighted by Gasteiger charge is -2.04. The average Bonchev–Trinajstić information content (AvgIpc) is 2.29. The van der Waals surface area contributed by atoms with Gasteiger partial charge in [-0.15, -0.1) is 0 Å². The fraction of sp³-hybridized carbons (Fsp3) is 0.0909. The van der Waals surface area contributed by atoms with Gasteiger partial charge in [-0.25, -0.2) is 9.37 Å². The van der Waals surface area contributed by atoms with E-state index in [1.54, 1.807) is 6.92 Å². The summed E-state index contributed by atoms with van der Waals surface area (Å²) in [7, 11) is 0. The van der Waals surface area contributed by atoms with Gasteiger partial charge in [-0.2, -0.15) is 0 Å². The number of aryl methyl sites for hydroxylation is 1. The van der Waals surface area contributed by atoms with Gasteiger partial charge >= 0.3 is 0 Å². The van der Waals surface area contributed by atoms with Crippen molar-refractivity contribution in [1.82, 2.24) is 9.97 Å². The molecule has 0 atom stereocenters. The van der Waals surface area contributed by atoms with Crippen LogP contribution in [-0.4, -0.2) is 9.97 Å². The van der Waals surface area contributed by atoms with Gasteiger partial charge in [0.05, 0.1) is 10.7 Å². The summed E-state index contributed by atoms with van der Waals surface area (Å²) in [6, 6.07) is 4.16. The molecule has 0 bridgehead atoms. The van der Waals surface area contributed by atoms with E-state index in [4.69, 9.17) is 11.6 Å². The normalized spacial score (nSPS) is 10.6. The number of benzene rings is 1. The number of aromatic nitrogens is 2. The minimum absolute atomic E-state index is 0.00859. The van der Waals surface area contributed by atoms with E-state index in [0.717, 1.165) is 0 Å². The number of aromatic amines is 1. The van der Waals surface area contributed by atoms with Crippen LogP contribution in [0.15, 0.2) is 27.5 Å². The van der Waals surface area contributed by atoms with Crippen molar-refractivity contribution >= 4 is 27.5 Å².